The van der Waals surface area contributed by atoms with Crippen LogP contribution in [-0.4, -0.2) is 22.5 Å². The van der Waals surface area contributed by atoms with Gasteiger partial charge in [0.25, 0.3) is 0 Å². The van der Waals surface area contributed by atoms with Gasteiger partial charge in [0.1, 0.15) is 5.54 Å². The summed E-state index contributed by atoms with van der Waals surface area (Å²) in [5.74, 6) is -1.10. The first-order valence-corrected chi connectivity index (χ1v) is 7.33. The lowest BCUT2D eigenvalue weighted by atomic mass is 9.94. The topological polar surface area (TPSA) is 92.4 Å². The lowest BCUT2D eigenvalue weighted by Crippen LogP contribution is -2.52. The zero-order valence-corrected chi connectivity index (χ0v) is 12.3. The first kappa shape index (κ1) is 15.4. The van der Waals surface area contributed by atoms with Crippen LogP contribution in [0.25, 0.3) is 0 Å². The van der Waals surface area contributed by atoms with Crippen LogP contribution in [0.5, 0.6) is 0 Å². The third kappa shape index (κ3) is 3.54. The van der Waals surface area contributed by atoms with Gasteiger partial charge in [-0.15, -0.1) is 0 Å². The highest BCUT2D eigenvalue weighted by atomic mass is 16.4. The third-order valence-corrected chi connectivity index (χ3v) is 4.24. The van der Waals surface area contributed by atoms with Crippen molar-refractivity contribution in [3.05, 3.63) is 29.8 Å². The van der Waals surface area contributed by atoms with Gasteiger partial charge in [-0.25, -0.2) is 4.79 Å². The van der Waals surface area contributed by atoms with Crippen LogP contribution in [0.1, 0.15) is 50.5 Å². The van der Waals surface area contributed by atoms with Crippen LogP contribution < -0.4 is 11.1 Å². The highest BCUT2D eigenvalue weighted by Crippen LogP contribution is 2.30. The molecule has 114 valence electrons. The second kappa shape index (κ2) is 6.16. The van der Waals surface area contributed by atoms with E-state index in [2.05, 4.69) is 5.32 Å². The molecule has 1 atom stereocenters. The number of amides is 1. The van der Waals surface area contributed by atoms with E-state index >= 15 is 0 Å². The van der Waals surface area contributed by atoms with Crippen molar-refractivity contribution in [2.24, 2.45) is 0 Å². The molecule has 1 saturated carbocycles. The fourth-order valence-electron chi connectivity index (χ4n) is 2.91. The molecule has 4 N–H and O–H groups in total. The lowest BCUT2D eigenvalue weighted by molar-refractivity contribution is -0.147. The average Bonchev–Trinajstić information content (AvgIpc) is 2.89. The van der Waals surface area contributed by atoms with Crippen molar-refractivity contribution >= 4 is 17.6 Å². The molecule has 0 saturated heterocycles. The van der Waals surface area contributed by atoms with Gasteiger partial charge in [-0.05, 0) is 36.5 Å². The Labute approximate surface area is 124 Å². The maximum atomic E-state index is 12.2. The van der Waals surface area contributed by atoms with Gasteiger partial charge in [0.2, 0.25) is 5.91 Å². The van der Waals surface area contributed by atoms with Gasteiger partial charge in [-0.3, -0.25) is 4.79 Å². The van der Waals surface area contributed by atoms with E-state index in [1.807, 2.05) is 19.1 Å². The molecule has 0 heterocycles. The number of carbonyl (C=O) groups excluding carboxylic acids is 1. The summed E-state index contributed by atoms with van der Waals surface area (Å²) in [7, 11) is 0. The van der Waals surface area contributed by atoms with E-state index in [4.69, 9.17) is 5.73 Å². The third-order valence-electron chi connectivity index (χ3n) is 4.24. The largest absolute Gasteiger partial charge is 0.480 e. The number of anilines is 1. The standard InChI is InChI=1S/C16H22N2O3/c1-11(12-4-6-13(17)7-5-12)10-14(19)18-16(15(20)21)8-2-3-9-16/h4-7,11H,2-3,8-10,17H2,1H3,(H,18,19)(H,20,21). The molecule has 0 bridgehead atoms. The summed E-state index contributed by atoms with van der Waals surface area (Å²) in [4.78, 5) is 23.6. The molecule has 5 heteroatoms. The quantitative estimate of drug-likeness (QED) is 0.725. The van der Waals surface area contributed by atoms with Crippen LogP contribution in [0, 0.1) is 0 Å². The SMILES string of the molecule is CC(CC(=O)NC1(C(=O)O)CCCC1)c1ccc(N)cc1. The van der Waals surface area contributed by atoms with Crippen LogP contribution in [-0.2, 0) is 9.59 Å². The van der Waals surface area contributed by atoms with Crippen molar-refractivity contribution in [1.82, 2.24) is 5.32 Å². The number of aliphatic carboxylic acids is 1. The lowest BCUT2D eigenvalue weighted by Gasteiger charge is -2.26. The Morgan fingerprint density at radius 1 is 1.29 bits per heavy atom. The van der Waals surface area contributed by atoms with Crippen LogP contribution >= 0.6 is 0 Å². The van der Waals surface area contributed by atoms with E-state index in [-0.39, 0.29) is 18.2 Å². The van der Waals surface area contributed by atoms with E-state index in [1.165, 1.54) is 0 Å². The summed E-state index contributed by atoms with van der Waals surface area (Å²) in [5.41, 5.74) is 6.30. The van der Waals surface area contributed by atoms with Crippen molar-refractivity contribution < 1.29 is 14.7 Å². The first-order chi connectivity index (χ1) is 9.93. The monoisotopic (exact) mass is 290 g/mol. The number of carboxylic acids is 1. The Morgan fingerprint density at radius 2 is 1.86 bits per heavy atom. The summed E-state index contributed by atoms with van der Waals surface area (Å²) in [5, 5.41) is 12.1. The Kier molecular flexibility index (Phi) is 4.50. The van der Waals surface area contributed by atoms with Crippen LogP contribution in [0.3, 0.4) is 0 Å². The summed E-state index contributed by atoms with van der Waals surface area (Å²) < 4.78 is 0. The second-order valence-electron chi connectivity index (χ2n) is 5.91. The number of carbonyl (C=O) groups is 2. The number of rotatable bonds is 5. The fourth-order valence-corrected chi connectivity index (χ4v) is 2.91. The normalized spacial score (nSPS) is 18.1. The molecular weight excluding hydrogens is 268 g/mol. The van der Waals surface area contributed by atoms with Crippen molar-refractivity contribution in [2.75, 3.05) is 5.73 Å². The van der Waals surface area contributed by atoms with Gasteiger partial charge in [-0.1, -0.05) is 31.9 Å². The molecule has 1 unspecified atom stereocenters. The first-order valence-electron chi connectivity index (χ1n) is 7.33. The maximum Gasteiger partial charge on any atom is 0.329 e. The Balaban J connectivity index is 1.97. The maximum absolute atomic E-state index is 12.2. The van der Waals surface area contributed by atoms with Crippen molar-refractivity contribution in [3.63, 3.8) is 0 Å². The Morgan fingerprint density at radius 3 is 2.38 bits per heavy atom. The van der Waals surface area contributed by atoms with Gasteiger partial charge in [-0.2, -0.15) is 0 Å². The van der Waals surface area contributed by atoms with E-state index < -0.39 is 11.5 Å². The van der Waals surface area contributed by atoms with E-state index in [1.54, 1.807) is 12.1 Å². The molecule has 0 spiro atoms. The predicted molar refractivity (Wildman–Crippen MR) is 80.9 cm³/mol. The number of benzene rings is 1. The molecule has 1 aromatic rings. The number of nitrogens with one attached hydrogen (secondary N) is 1. The highest BCUT2D eigenvalue weighted by molar-refractivity contribution is 5.87. The number of nitrogens with two attached hydrogens (primary N) is 1. The summed E-state index contributed by atoms with van der Waals surface area (Å²) in [6.45, 7) is 1.95. The molecule has 5 nitrogen and oxygen atoms in total. The predicted octanol–water partition coefficient (Wildman–Crippen LogP) is 2.28. The van der Waals surface area contributed by atoms with Gasteiger partial charge in [0, 0.05) is 12.1 Å². The number of hydrogen-bond acceptors (Lipinski definition) is 3. The van der Waals surface area contributed by atoms with Crippen molar-refractivity contribution in [3.8, 4) is 0 Å². The zero-order valence-electron chi connectivity index (χ0n) is 12.3. The van der Waals surface area contributed by atoms with Gasteiger partial charge in [0.05, 0.1) is 0 Å². The minimum Gasteiger partial charge on any atom is -0.480 e. The number of hydrogen-bond donors (Lipinski definition) is 3. The smallest absolute Gasteiger partial charge is 0.329 e. The van der Waals surface area contributed by atoms with Crippen molar-refractivity contribution in [2.45, 2.75) is 50.5 Å². The van der Waals surface area contributed by atoms with E-state index in [0.29, 0.717) is 18.5 Å². The average molecular weight is 290 g/mol. The molecular formula is C16H22N2O3. The molecule has 1 aliphatic rings. The Hall–Kier alpha value is -2.04. The van der Waals surface area contributed by atoms with Crippen LogP contribution in [0.2, 0.25) is 0 Å². The minimum absolute atomic E-state index is 0.0258. The van der Waals surface area contributed by atoms with Crippen LogP contribution in [0.4, 0.5) is 5.69 Å². The minimum atomic E-state index is -1.06. The van der Waals surface area contributed by atoms with Crippen molar-refractivity contribution in [1.29, 1.82) is 0 Å². The summed E-state index contributed by atoms with van der Waals surface area (Å²) in [6.07, 6.45) is 3.01. The summed E-state index contributed by atoms with van der Waals surface area (Å²) >= 11 is 0. The van der Waals surface area contributed by atoms with Gasteiger partial charge < -0.3 is 16.2 Å². The molecule has 1 aromatic carbocycles. The second-order valence-corrected chi connectivity index (χ2v) is 5.91. The Bertz CT molecular complexity index is 519. The highest BCUT2D eigenvalue weighted by Gasteiger charge is 2.42. The molecule has 1 amide bonds. The number of carboxylic acid groups (broad SMARTS) is 1. The van der Waals surface area contributed by atoms with E-state index in [9.17, 15) is 14.7 Å². The molecule has 0 radical (unpaired) electrons. The van der Waals surface area contributed by atoms with E-state index in [0.717, 1.165) is 18.4 Å². The molecule has 0 aromatic heterocycles. The zero-order chi connectivity index (χ0) is 15.5. The summed E-state index contributed by atoms with van der Waals surface area (Å²) in [6, 6.07) is 7.41. The van der Waals surface area contributed by atoms with Gasteiger partial charge >= 0.3 is 5.97 Å². The van der Waals surface area contributed by atoms with Gasteiger partial charge in [0.15, 0.2) is 0 Å². The molecule has 2 rings (SSSR count). The number of nitrogen functional groups attached to an aromatic ring is 1. The molecule has 1 aliphatic carbocycles. The molecule has 21 heavy (non-hydrogen) atoms. The molecule has 0 aliphatic heterocycles. The fraction of sp³-hybridized carbons (Fsp3) is 0.500. The molecule has 1 fully saturated rings. The van der Waals surface area contributed by atoms with Crippen LogP contribution in [0.15, 0.2) is 24.3 Å².